The van der Waals surface area contributed by atoms with Gasteiger partial charge in [0.15, 0.2) is 0 Å². The van der Waals surface area contributed by atoms with Crippen molar-refractivity contribution >= 4 is 16.9 Å². The number of carbonyl (C=O) groups is 1. The minimum Gasteiger partial charge on any atom is -0.340 e. The van der Waals surface area contributed by atoms with Gasteiger partial charge in [-0.3, -0.25) is 19.5 Å². The Morgan fingerprint density at radius 3 is 2.88 bits per heavy atom. The lowest BCUT2D eigenvalue weighted by Crippen LogP contribution is -2.34. The van der Waals surface area contributed by atoms with Crippen molar-refractivity contribution in [3.05, 3.63) is 62.9 Å². The van der Waals surface area contributed by atoms with Gasteiger partial charge in [-0.05, 0) is 25.0 Å². The van der Waals surface area contributed by atoms with Gasteiger partial charge in [0.05, 0.1) is 23.6 Å². The van der Waals surface area contributed by atoms with Gasteiger partial charge in [-0.25, -0.2) is 9.67 Å². The number of nitrogens with zero attached hydrogens (tertiary/aromatic N) is 3. The van der Waals surface area contributed by atoms with Crippen LogP contribution < -0.4 is 11.1 Å². The molecule has 2 aromatic heterocycles. The van der Waals surface area contributed by atoms with Gasteiger partial charge in [0.1, 0.15) is 5.82 Å². The number of nitrogens with one attached hydrogen (secondary N) is 2. The molecule has 1 amide bonds. The van der Waals surface area contributed by atoms with Crippen LogP contribution in [0.4, 0.5) is 0 Å². The molecule has 0 bridgehead atoms. The molecule has 8 nitrogen and oxygen atoms in total. The van der Waals surface area contributed by atoms with Crippen molar-refractivity contribution in [2.24, 2.45) is 0 Å². The number of amides is 1. The van der Waals surface area contributed by atoms with E-state index in [9.17, 15) is 14.4 Å². The molecule has 1 aliphatic rings. The van der Waals surface area contributed by atoms with Gasteiger partial charge in [0.25, 0.3) is 11.1 Å². The van der Waals surface area contributed by atoms with Crippen molar-refractivity contribution in [2.75, 3.05) is 6.54 Å². The predicted molar refractivity (Wildman–Crippen MR) is 95.7 cm³/mol. The van der Waals surface area contributed by atoms with Crippen LogP contribution in [0.1, 0.15) is 31.1 Å². The fraction of sp³-hybridized carbons (Fsp3) is 0.333. The summed E-state index contributed by atoms with van der Waals surface area (Å²) in [6.07, 6.45) is 1.92. The first-order valence-corrected chi connectivity index (χ1v) is 8.66. The van der Waals surface area contributed by atoms with Gasteiger partial charge < -0.3 is 9.88 Å². The van der Waals surface area contributed by atoms with Crippen molar-refractivity contribution in [2.45, 2.75) is 31.8 Å². The van der Waals surface area contributed by atoms with Gasteiger partial charge in [0, 0.05) is 25.1 Å². The number of hydrogen-bond donors (Lipinski definition) is 2. The molecule has 1 atom stereocenters. The molecule has 134 valence electrons. The first kappa shape index (κ1) is 16.3. The second kappa shape index (κ2) is 6.62. The summed E-state index contributed by atoms with van der Waals surface area (Å²) in [6.45, 7) is 0.817. The number of aryl methyl sites for hydroxylation is 1. The van der Waals surface area contributed by atoms with Crippen LogP contribution in [0.5, 0.6) is 0 Å². The SMILES string of the molecule is O=C(CCn1[nH]c(=O)ccc1=O)N1CCC[C@@H]1c1nc2ccccc2[nH]1. The van der Waals surface area contributed by atoms with E-state index in [2.05, 4.69) is 15.1 Å². The highest BCUT2D eigenvalue weighted by Crippen LogP contribution is 2.31. The number of imidazole rings is 1. The molecule has 1 aliphatic heterocycles. The van der Waals surface area contributed by atoms with E-state index >= 15 is 0 Å². The number of rotatable bonds is 4. The minimum absolute atomic E-state index is 0.0513. The molecular formula is C18H19N5O3. The predicted octanol–water partition coefficient (Wildman–Crippen LogP) is 1.17. The van der Waals surface area contributed by atoms with Crippen molar-refractivity contribution in [3.8, 4) is 0 Å². The van der Waals surface area contributed by atoms with Crippen molar-refractivity contribution in [1.29, 1.82) is 0 Å². The normalized spacial score (nSPS) is 17.1. The third-order valence-electron chi connectivity index (χ3n) is 4.73. The van der Waals surface area contributed by atoms with Gasteiger partial charge >= 0.3 is 0 Å². The third-order valence-corrected chi connectivity index (χ3v) is 4.73. The molecule has 0 aliphatic carbocycles. The number of carbonyl (C=O) groups excluding carboxylic acids is 1. The second-order valence-corrected chi connectivity index (χ2v) is 6.43. The summed E-state index contributed by atoms with van der Waals surface area (Å²) in [6, 6.07) is 10.1. The van der Waals surface area contributed by atoms with E-state index in [-0.39, 0.29) is 36.0 Å². The van der Waals surface area contributed by atoms with E-state index in [1.807, 2.05) is 29.2 Å². The monoisotopic (exact) mass is 353 g/mol. The van der Waals surface area contributed by atoms with E-state index in [1.54, 1.807) is 0 Å². The van der Waals surface area contributed by atoms with E-state index in [0.717, 1.165) is 29.7 Å². The highest BCUT2D eigenvalue weighted by molar-refractivity contribution is 5.78. The molecular weight excluding hydrogens is 334 g/mol. The molecule has 0 spiro atoms. The highest BCUT2D eigenvalue weighted by Gasteiger charge is 2.31. The summed E-state index contributed by atoms with van der Waals surface area (Å²) < 4.78 is 1.17. The molecule has 8 heteroatoms. The molecule has 0 unspecified atom stereocenters. The molecule has 1 saturated heterocycles. The van der Waals surface area contributed by atoms with Crippen LogP contribution in [0.25, 0.3) is 11.0 Å². The van der Waals surface area contributed by atoms with Crippen molar-refractivity contribution in [1.82, 2.24) is 24.6 Å². The Kier molecular flexibility index (Phi) is 4.16. The van der Waals surface area contributed by atoms with Crippen LogP contribution in [0.15, 0.2) is 46.0 Å². The first-order valence-electron chi connectivity index (χ1n) is 8.66. The Bertz CT molecular complexity index is 1030. The molecule has 2 N–H and O–H groups in total. The average Bonchev–Trinajstić information content (AvgIpc) is 3.28. The zero-order chi connectivity index (χ0) is 18.1. The van der Waals surface area contributed by atoms with Crippen LogP contribution in [-0.2, 0) is 11.3 Å². The summed E-state index contributed by atoms with van der Waals surface area (Å²) in [5, 5.41) is 2.44. The lowest BCUT2D eigenvalue weighted by atomic mass is 10.2. The van der Waals surface area contributed by atoms with Gasteiger partial charge in [-0.15, -0.1) is 0 Å². The quantitative estimate of drug-likeness (QED) is 0.734. The summed E-state index contributed by atoms with van der Waals surface area (Å²) in [5.41, 5.74) is 1.15. The lowest BCUT2D eigenvalue weighted by Gasteiger charge is -2.23. The van der Waals surface area contributed by atoms with Crippen LogP contribution >= 0.6 is 0 Å². The topological polar surface area (TPSA) is 104 Å². The molecule has 4 rings (SSSR count). The Hall–Kier alpha value is -3.16. The number of aromatic nitrogens is 4. The summed E-state index contributed by atoms with van der Waals surface area (Å²) >= 11 is 0. The molecule has 0 radical (unpaired) electrons. The Morgan fingerprint density at radius 2 is 2.04 bits per heavy atom. The number of fused-ring (bicyclic) bond motifs is 1. The summed E-state index contributed by atoms with van der Waals surface area (Å²) in [5.74, 6) is 0.742. The molecule has 1 fully saturated rings. The average molecular weight is 353 g/mol. The number of likely N-dealkylation sites (tertiary alicyclic amines) is 1. The number of benzene rings is 1. The lowest BCUT2D eigenvalue weighted by molar-refractivity contribution is -0.132. The maximum Gasteiger partial charge on any atom is 0.265 e. The fourth-order valence-corrected chi connectivity index (χ4v) is 3.46. The van der Waals surface area contributed by atoms with Gasteiger partial charge in [-0.1, -0.05) is 12.1 Å². The summed E-state index contributed by atoms with van der Waals surface area (Å²) in [7, 11) is 0. The number of aromatic amines is 2. The number of H-pyrrole nitrogens is 2. The van der Waals surface area contributed by atoms with E-state index in [4.69, 9.17) is 0 Å². The zero-order valence-corrected chi connectivity index (χ0v) is 14.1. The minimum atomic E-state index is -0.363. The molecule has 3 aromatic rings. The van der Waals surface area contributed by atoms with Crippen molar-refractivity contribution in [3.63, 3.8) is 0 Å². The summed E-state index contributed by atoms with van der Waals surface area (Å²) in [4.78, 5) is 45.5. The largest absolute Gasteiger partial charge is 0.340 e. The standard InChI is InChI=1S/C18H19N5O3/c24-15-7-8-17(26)23(21-15)11-9-16(25)22-10-3-6-14(22)18-19-12-4-1-2-5-13(12)20-18/h1-2,4-5,7-8,14H,3,6,9-11H2,(H,19,20)(H,21,24)/t14-/m1/s1. The van der Waals surface area contributed by atoms with Crippen LogP contribution in [0, 0.1) is 0 Å². The van der Waals surface area contributed by atoms with Gasteiger partial charge in [0.2, 0.25) is 5.91 Å². The van der Waals surface area contributed by atoms with Crippen LogP contribution in [0.3, 0.4) is 0 Å². The molecule has 3 heterocycles. The maximum atomic E-state index is 12.7. The van der Waals surface area contributed by atoms with Crippen LogP contribution in [-0.4, -0.2) is 37.1 Å². The Balaban J connectivity index is 1.50. The smallest absolute Gasteiger partial charge is 0.265 e. The zero-order valence-electron chi connectivity index (χ0n) is 14.1. The fourth-order valence-electron chi connectivity index (χ4n) is 3.46. The maximum absolute atomic E-state index is 12.7. The second-order valence-electron chi connectivity index (χ2n) is 6.43. The number of hydrogen-bond acceptors (Lipinski definition) is 4. The molecule has 26 heavy (non-hydrogen) atoms. The Morgan fingerprint density at radius 1 is 1.19 bits per heavy atom. The van der Waals surface area contributed by atoms with E-state index in [1.165, 1.54) is 16.8 Å². The Labute approximate surface area is 148 Å². The van der Waals surface area contributed by atoms with Crippen molar-refractivity contribution < 1.29 is 4.79 Å². The van der Waals surface area contributed by atoms with Crippen LogP contribution in [0.2, 0.25) is 0 Å². The highest BCUT2D eigenvalue weighted by atomic mass is 16.2. The molecule has 1 aromatic carbocycles. The van der Waals surface area contributed by atoms with E-state index < -0.39 is 0 Å². The molecule has 0 saturated carbocycles. The first-order chi connectivity index (χ1) is 12.6. The number of para-hydroxylation sites is 2. The third kappa shape index (κ3) is 3.05. The van der Waals surface area contributed by atoms with E-state index in [0.29, 0.717) is 6.54 Å². The van der Waals surface area contributed by atoms with Gasteiger partial charge in [-0.2, -0.15) is 0 Å².